The summed E-state index contributed by atoms with van der Waals surface area (Å²) in [6.07, 6.45) is 0. The van der Waals surface area contributed by atoms with Gasteiger partial charge in [-0.1, -0.05) is 40.2 Å². The molecular weight excluding hydrogens is 290 g/mol. The summed E-state index contributed by atoms with van der Waals surface area (Å²) < 4.78 is 5.79. The molecule has 0 aliphatic rings. The van der Waals surface area contributed by atoms with Gasteiger partial charge in [0, 0.05) is 5.33 Å². The summed E-state index contributed by atoms with van der Waals surface area (Å²) in [4.78, 5) is 0. The molecular formula is C15H12BrNO. The topological polar surface area (TPSA) is 33.0 Å². The van der Waals surface area contributed by atoms with Crippen LogP contribution in [0.1, 0.15) is 16.7 Å². The summed E-state index contributed by atoms with van der Waals surface area (Å²) in [5.41, 5.74) is 2.66. The van der Waals surface area contributed by atoms with Crippen molar-refractivity contribution in [3.05, 3.63) is 59.2 Å². The van der Waals surface area contributed by atoms with Crippen LogP contribution in [0.4, 0.5) is 0 Å². The summed E-state index contributed by atoms with van der Waals surface area (Å²) >= 11 is 3.37. The lowest BCUT2D eigenvalue weighted by molar-refractivity contribution is 0.477. The third kappa shape index (κ3) is 2.72. The van der Waals surface area contributed by atoms with Crippen LogP contribution >= 0.6 is 15.9 Å². The molecule has 0 heterocycles. The highest BCUT2D eigenvalue weighted by atomic mass is 79.9. The SMILES string of the molecule is Cc1ccccc1Oc1ccc(CBr)cc1C#N. The lowest BCUT2D eigenvalue weighted by Crippen LogP contribution is -1.91. The highest BCUT2D eigenvalue weighted by Gasteiger charge is 2.07. The summed E-state index contributed by atoms with van der Waals surface area (Å²) in [6, 6.07) is 15.5. The van der Waals surface area contributed by atoms with Crippen LogP contribution in [-0.4, -0.2) is 0 Å². The summed E-state index contributed by atoms with van der Waals surface area (Å²) in [5.74, 6) is 1.37. The number of nitrogens with zero attached hydrogens (tertiary/aromatic N) is 1. The molecule has 0 saturated heterocycles. The van der Waals surface area contributed by atoms with Gasteiger partial charge in [-0.2, -0.15) is 5.26 Å². The number of aryl methyl sites for hydroxylation is 1. The molecule has 0 aliphatic heterocycles. The number of benzene rings is 2. The van der Waals surface area contributed by atoms with Gasteiger partial charge in [-0.3, -0.25) is 0 Å². The van der Waals surface area contributed by atoms with Crippen LogP contribution in [0.2, 0.25) is 0 Å². The molecule has 90 valence electrons. The van der Waals surface area contributed by atoms with E-state index in [9.17, 15) is 0 Å². The van der Waals surface area contributed by atoms with Gasteiger partial charge in [0.05, 0.1) is 5.56 Å². The van der Waals surface area contributed by atoms with Gasteiger partial charge in [-0.05, 0) is 36.2 Å². The average Bonchev–Trinajstić information content (AvgIpc) is 2.41. The van der Waals surface area contributed by atoms with E-state index in [0.717, 1.165) is 22.2 Å². The van der Waals surface area contributed by atoms with E-state index in [4.69, 9.17) is 10.00 Å². The molecule has 0 amide bonds. The number of nitriles is 1. The van der Waals surface area contributed by atoms with Crippen LogP contribution in [0.5, 0.6) is 11.5 Å². The predicted molar refractivity (Wildman–Crippen MR) is 75.0 cm³/mol. The van der Waals surface area contributed by atoms with E-state index in [0.29, 0.717) is 11.3 Å². The van der Waals surface area contributed by atoms with Gasteiger partial charge in [0.1, 0.15) is 17.6 Å². The first-order valence-electron chi connectivity index (χ1n) is 5.57. The minimum atomic E-state index is 0.551. The molecule has 2 aromatic carbocycles. The number of hydrogen-bond acceptors (Lipinski definition) is 2. The normalized spacial score (nSPS) is 9.83. The quantitative estimate of drug-likeness (QED) is 0.779. The molecule has 0 atom stereocenters. The van der Waals surface area contributed by atoms with Crippen LogP contribution in [-0.2, 0) is 5.33 Å². The van der Waals surface area contributed by atoms with E-state index in [1.165, 1.54) is 0 Å². The Labute approximate surface area is 115 Å². The Kier molecular flexibility index (Phi) is 4.01. The molecule has 0 spiro atoms. The second-order valence-corrected chi connectivity index (χ2v) is 4.50. The third-order valence-electron chi connectivity index (χ3n) is 2.63. The van der Waals surface area contributed by atoms with Crippen LogP contribution in [0.15, 0.2) is 42.5 Å². The maximum atomic E-state index is 9.14. The first-order chi connectivity index (χ1) is 8.74. The maximum Gasteiger partial charge on any atom is 0.145 e. The summed E-state index contributed by atoms with van der Waals surface area (Å²) in [5, 5.41) is 9.87. The third-order valence-corrected chi connectivity index (χ3v) is 3.28. The monoisotopic (exact) mass is 301 g/mol. The Hall–Kier alpha value is -1.79. The number of hydrogen-bond donors (Lipinski definition) is 0. The zero-order valence-corrected chi connectivity index (χ0v) is 11.6. The van der Waals surface area contributed by atoms with E-state index >= 15 is 0 Å². The summed E-state index contributed by atoms with van der Waals surface area (Å²) in [6.45, 7) is 1.98. The van der Waals surface area contributed by atoms with Crippen molar-refractivity contribution in [2.24, 2.45) is 0 Å². The van der Waals surface area contributed by atoms with Crippen LogP contribution < -0.4 is 4.74 Å². The van der Waals surface area contributed by atoms with Crippen LogP contribution in [0.3, 0.4) is 0 Å². The minimum Gasteiger partial charge on any atom is -0.456 e. The number of para-hydroxylation sites is 1. The zero-order chi connectivity index (χ0) is 13.0. The number of rotatable bonds is 3. The second kappa shape index (κ2) is 5.70. The largest absolute Gasteiger partial charge is 0.456 e. The van der Waals surface area contributed by atoms with E-state index in [2.05, 4.69) is 22.0 Å². The number of ether oxygens (including phenoxy) is 1. The molecule has 0 bridgehead atoms. The minimum absolute atomic E-state index is 0.551. The Bertz CT molecular complexity index is 602. The van der Waals surface area contributed by atoms with Crippen LogP contribution in [0.25, 0.3) is 0 Å². The zero-order valence-electron chi connectivity index (χ0n) is 9.98. The molecule has 18 heavy (non-hydrogen) atoms. The summed E-state index contributed by atoms with van der Waals surface area (Å²) in [7, 11) is 0. The molecule has 0 aromatic heterocycles. The van der Waals surface area contributed by atoms with Gasteiger partial charge in [-0.25, -0.2) is 0 Å². The molecule has 2 rings (SSSR count). The Morgan fingerprint density at radius 1 is 1.17 bits per heavy atom. The van der Waals surface area contributed by atoms with Crippen molar-refractivity contribution in [1.82, 2.24) is 0 Å². The first-order valence-corrected chi connectivity index (χ1v) is 6.69. The predicted octanol–water partition coefficient (Wildman–Crippen LogP) is 4.55. The van der Waals surface area contributed by atoms with E-state index in [1.54, 1.807) is 0 Å². The van der Waals surface area contributed by atoms with Crippen molar-refractivity contribution in [3.8, 4) is 17.6 Å². The Morgan fingerprint density at radius 2 is 1.94 bits per heavy atom. The molecule has 2 nitrogen and oxygen atoms in total. The van der Waals surface area contributed by atoms with E-state index in [1.807, 2.05) is 49.4 Å². The Balaban J connectivity index is 2.35. The van der Waals surface area contributed by atoms with Crippen molar-refractivity contribution >= 4 is 15.9 Å². The molecule has 0 unspecified atom stereocenters. The maximum absolute atomic E-state index is 9.14. The molecule has 0 radical (unpaired) electrons. The fourth-order valence-electron chi connectivity index (χ4n) is 1.63. The number of halogens is 1. The van der Waals surface area contributed by atoms with Gasteiger partial charge < -0.3 is 4.74 Å². The fraction of sp³-hybridized carbons (Fsp3) is 0.133. The van der Waals surface area contributed by atoms with Crippen molar-refractivity contribution in [2.75, 3.05) is 0 Å². The van der Waals surface area contributed by atoms with Gasteiger partial charge in [0.15, 0.2) is 0 Å². The lowest BCUT2D eigenvalue weighted by atomic mass is 10.1. The molecule has 0 fully saturated rings. The van der Waals surface area contributed by atoms with Gasteiger partial charge in [-0.15, -0.1) is 0 Å². The first kappa shape index (κ1) is 12.7. The lowest BCUT2D eigenvalue weighted by Gasteiger charge is -2.10. The highest BCUT2D eigenvalue weighted by Crippen LogP contribution is 2.28. The molecule has 2 aromatic rings. The smallest absolute Gasteiger partial charge is 0.145 e. The molecule has 0 N–H and O–H groups in total. The van der Waals surface area contributed by atoms with Gasteiger partial charge in [0.2, 0.25) is 0 Å². The second-order valence-electron chi connectivity index (χ2n) is 3.94. The standard InChI is InChI=1S/C15H12BrNO/c1-11-4-2-3-5-14(11)18-15-7-6-12(9-16)8-13(15)10-17/h2-8H,9H2,1H3. The van der Waals surface area contributed by atoms with Gasteiger partial charge >= 0.3 is 0 Å². The molecule has 0 aliphatic carbocycles. The molecule has 0 saturated carbocycles. The molecule has 3 heteroatoms. The Morgan fingerprint density at radius 3 is 2.61 bits per heavy atom. The van der Waals surface area contributed by atoms with Crippen molar-refractivity contribution in [2.45, 2.75) is 12.3 Å². The van der Waals surface area contributed by atoms with Crippen molar-refractivity contribution in [1.29, 1.82) is 5.26 Å². The van der Waals surface area contributed by atoms with E-state index < -0.39 is 0 Å². The average molecular weight is 302 g/mol. The van der Waals surface area contributed by atoms with Crippen molar-refractivity contribution in [3.63, 3.8) is 0 Å². The van der Waals surface area contributed by atoms with Gasteiger partial charge in [0.25, 0.3) is 0 Å². The number of alkyl halides is 1. The van der Waals surface area contributed by atoms with E-state index in [-0.39, 0.29) is 0 Å². The van der Waals surface area contributed by atoms with Crippen molar-refractivity contribution < 1.29 is 4.74 Å². The highest BCUT2D eigenvalue weighted by molar-refractivity contribution is 9.08. The van der Waals surface area contributed by atoms with Crippen LogP contribution in [0, 0.1) is 18.3 Å². The fourth-order valence-corrected chi connectivity index (χ4v) is 1.97.